The Morgan fingerprint density at radius 3 is 2.70 bits per heavy atom. The lowest BCUT2D eigenvalue weighted by Gasteiger charge is -2.10. The maximum atomic E-state index is 13.4. The molecule has 0 unspecified atom stereocenters. The Balaban J connectivity index is 3.31. The Labute approximate surface area is 123 Å². The highest BCUT2D eigenvalue weighted by Crippen LogP contribution is 2.23. The summed E-state index contributed by atoms with van der Waals surface area (Å²) in [5, 5.41) is 0.502. The number of aromatic nitrogens is 1. The zero-order chi connectivity index (χ0) is 15.3. The van der Waals surface area contributed by atoms with Gasteiger partial charge in [-0.1, -0.05) is 18.2 Å². The summed E-state index contributed by atoms with van der Waals surface area (Å²) in [5.74, 6) is -0.471. The van der Waals surface area contributed by atoms with Gasteiger partial charge in [0.1, 0.15) is 5.83 Å². The minimum Gasteiger partial charge on any atom is -0.404 e. The molecule has 0 radical (unpaired) electrons. The Morgan fingerprint density at radius 1 is 1.50 bits per heavy atom. The summed E-state index contributed by atoms with van der Waals surface area (Å²) in [5.41, 5.74) is 8.69. The standard InChI is InChI=1S/C15H17ClFN3/c1-5-15(17)11(4)20-10(3)14(7-18)13-6-12(16)8-19-9(13)2/h5-8H,1,18H2,2-4H3/b14-7-,15-11+,20-10+. The average Bonchev–Trinajstić information content (AvgIpc) is 2.42. The first-order valence-corrected chi connectivity index (χ1v) is 6.37. The number of hydrogen-bond donors (Lipinski definition) is 1. The zero-order valence-electron chi connectivity index (χ0n) is 11.7. The molecule has 0 saturated heterocycles. The van der Waals surface area contributed by atoms with Crippen LogP contribution in [0.15, 0.2) is 47.6 Å². The van der Waals surface area contributed by atoms with Gasteiger partial charge in [0, 0.05) is 34.9 Å². The summed E-state index contributed by atoms with van der Waals surface area (Å²) in [6.07, 6.45) is 4.09. The Hall–Kier alpha value is -1.94. The highest BCUT2D eigenvalue weighted by molar-refractivity contribution is 6.31. The van der Waals surface area contributed by atoms with E-state index < -0.39 is 5.83 Å². The van der Waals surface area contributed by atoms with E-state index in [0.717, 1.165) is 17.3 Å². The molecule has 0 aliphatic heterocycles. The van der Waals surface area contributed by atoms with Gasteiger partial charge in [0.25, 0.3) is 0 Å². The van der Waals surface area contributed by atoms with Gasteiger partial charge in [0.2, 0.25) is 0 Å². The molecule has 0 aliphatic rings. The van der Waals surface area contributed by atoms with Crippen LogP contribution >= 0.6 is 11.6 Å². The molecule has 0 atom stereocenters. The SMILES string of the molecule is C=C\C(F)=C(C)/N=C(C)/C(=C/N)c1cc(Cl)cnc1C. The van der Waals surface area contributed by atoms with E-state index in [2.05, 4.69) is 16.6 Å². The second-order valence-electron chi connectivity index (χ2n) is 4.20. The lowest BCUT2D eigenvalue weighted by Crippen LogP contribution is -2.04. The minimum absolute atomic E-state index is 0.240. The molecule has 1 aromatic heterocycles. The van der Waals surface area contributed by atoms with Crippen molar-refractivity contribution in [1.82, 2.24) is 4.98 Å². The molecule has 0 aliphatic carbocycles. The number of hydrogen-bond acceptors (Lipinski definition) is 3. The monoisotopic (exact) mass is 293 g/mol. The van der Waals surface area contributed by atoms with Gasteiger partial charge in [-0.25, -0.2) is 4.39 Å². The molecule has 0 fully saturated rings. The zero-order valence-corrected chi connectivity index (χ0v) is 12.5. The van der Waals surface area contributed by atoms with Crippen LogP contribution in [0, 0.1) is 6.92 Å². The number of aryl methyl sites for hydroxylation is 1. The third-order valence-electron chi connectivity index (χ3n) is 2.76. The summed E-state index contributed by atoms with van der Waals surface area (Å²) >= 11 is 5.95. The van der Waals surface area contributed by atoms with Crippen LogP contribution in [0.2, 0.25) is 5.02 Å². The van der Waals surface area contributed by atoms with Gasteiger partial charge in [0.15, 0.2) is 0 Å². The first-order valence-electron chi connectivity index (χ1n) is 5.99. The van der Waals surface area contributed by atoms with E-state index in [9.17, 15) is 4.39 Å². The highest BCUT2D eigenvalue weighted by Gasteiger charge is 2.10. The summed E-state index contributed by atoms with van der Waals surface area (Å²) in [4.78, 5) is 8.37. The molecular weight excluding hydrogens is 277 g/mol. The Kier molecular flexibility index (Phi) is 5.65. The number of pyridine rings is 1. The molecule has 1 heterocycles. The predicted molar refractivity (Wildman–Crippen MR) is 83.3 cm³/mol. The van der Waals surface area contributed by atoms with Crippen molar-refractivity contribution in [1.29, 1.82) is 0 Å². The average molecular weight is 294 g/mol. The van der Waals surface area contributed by atoms with E-state index in [0.29, 0.717) is 16.3 Å². The molecule has 2 N–H and O–H groups in total. The second kappa shape index (κ2) is 7.01. The molecule has 0 bridgehead atoms. The molecule has 106 valence electrons. The van der Waals surface area contributed by atoms with Gasteiger partial charge in [-0.15, -0.1) is 0 Å². The molecule has 5 heteroatoms. The van der Waals surface area contributed by atoms with E-state index in [1.165, 1.54) is 6.20 Å². The number of allylic oxidation sites excluding steroid dienone is 4. The molecule has 3 nitrogen and oxygen atoms in total. The Bertz CT molecular complexity index is 616. The lowest BCUT2D eigenvalue weighted by atomic mass is 10.0. The van der Waals surface area contributed by atoms with Gasteiger partial charge in [-0.3, -0.25) is 9.98 Å². The first-order chi connectivity index (χ1) is 9.40. The molecule has 0 spiro atoms. The fourth-order valence-electron chi connectivity index (χ4n) is 1.70. The maximum Gasteiger partial charge on any atom is 0.143 e. The quantitative estimate of drug-likeness (QED) is 0.668. The van der Waals surface area contributed by atoms with Crippen molar-refractivity contribution in [2.45, 2.75) is 20.8 Å². The van der Waals surface area contributed by atoms with Crippen molar-refractivity contribution < 1.29 is 4.39 Å². The number of halogens is 2. The van der Waals surface area contributed by atoms with Gasteiger partial charge >= 0.3 is 0 Å². The van der Waals surface area contributed by atoms with Crippen LogP contribution in [-0.4, -0.2) is 10.7 Å². The smallest absolute Gasteiger partial charge is 0.143 e. The number of aliphatic imine (C=N–C) groups is 1. The van der Waals surface area contributed by atoms with Crippen LogP contribution < -0.4 is 5.73 Å². The normalized spacial score (nSPS) is 14.1. The summed E-state index contributed by atoms with van der Waals surface area (Å²) < 4.78 is 13.4. The number of nitrogens with two attached hydrogens (primary N) is 1. The summed E-state index contributed by atoms with van der Waals surface area (Å²) in [7, 11) is 0. The van der Waals surface area contributed by atoms with Crippen molar-refractivity contribution in [3.63, 3.8) is 0 Å². The van der Waals surface area contributed by atoms with Crippen molar-refractivity contribution in [2.75, 3.05) is 0 Å². The number of nitrogens with zero attached hydrogens (tertiary/aromatic N) is 2. The van der Waals surface area contributed by atoms with Crippen LogP contribution in [0.5, 0.6) is 0 Å². The molecular formula is C15H17ClFN3. The fourth-order valence-corrected chi connectivity index (χ4v) is 1.86. The van der Waals surface area contributed by atoms with Crippen LogP contribution in [0.25, 0.3) is 5.57 Å². The molecule has 0 amide bonds. The first kappa shape index (κ1) is 16.1. The van der Waals surface area contributed by atoms with Crippen molar-refractivity contribution in [3.8, 4) is 0 Å². The third-order valence-corrected chi connectivity index (χ3v) is 2.97. The van der Waals surface area contributed by atoms with Crippen molar-refractivity contribution >= 4 is 22.9 Å². The third kappa shape index (κ3) is 3.78. The largest absolute Gasteiger partial charge is 0.404 e. The van der Waals surface area contributed by atoms with E-state index in [-0.39, 0.29) is 5.70 Å². The fraction of sp³-hybridized carbons (Fsp3) is 0.200. The minimum atomic E-state index is -0.471. The van der Waals surface area contributed by atoms with Gasteiger partial charge in [-0.05, 0) is 32.9 Å². The van der Waals surface area contributed by atoms with Crippen molar-refractivity contribution in [3.05, 3.63) is 58.9 Å². The lowest BCUT2D eigenvalue weighted by molar-refractivity contribution is 0.653. The Morgan fingerprint density at radius 2 is 2.15 bits per heavy atom. The predicted octanol–water partition coefficient (Wildman–Crippen LogP) is 4.19. The maximum absolute atomic E-state index is 13.4. The van der Waals surface area contributed by atoms with Crippen LogP contribution in [0.1, 0.15) is 25.1 Å². The van der Waals surface area contributed by atoms with Crippen molar-refractivity contribution in [2.24, 2.45) is 10.7 Å². The number of rotatable bonds is 4. The molecule has 0 saturated carbocycles. The molecule has 1 aromatic rings. The summed E-state index contributed by atoms with van der Waals surface area (Å²) in [6, 6.07) is 1.75. The molecule has 1 rings (SSSR count). The topological polar surface area (TPSA) is 51.3 Å². The van der Waals surface area contributed by atoms with Crippen LogP contribution in [0.4, 0.5) is 4.39 Å². The van der Waals surface area contributed by atoms with E-state index in [1.54, 1.807) is 26.1 Å². The van der Waals surface area contributed by atoms with Gasteiger partial charge in [-0.2, -0.15) is 0 Å². The van der Waals surface area contributed by atoms with E-state index in [4.69, 9.17) is 17.3 Å². The second-order valence-corrected chi connectivity index (χ2v) is 4.64. The van der Waals surface area contributed by atoms with Gasteiger partial charge in [0.05, 0.1) is 10.7 Å². The van der Waals surface area contributed by atoms with E-state index in [1.807, 2.05) is 6.92 Å². The van der Waals surface area contributed by atoms with Crippen LogP contribution in [-0.2, 0) is 0 Å². The highest BCUT2D eigenvalue weighted by atomic mass is 35.5. The van der Waals surface area contributed by atoms with Gasteiger partial charge < -0.3 is 5.73 Å². The van der Waals surface area contributed by atoms with Crippen LogP contribution in [0.3, 0.4) is 0 Å². The molecule has 20 heavy (non-hydrogen) atoms. The van der Waals surface area contributed by atoms with E-state index >= 15 is 0 Å². The molecule has 0 aromatic carbocycles. The summed E-state index contributed by atoms with van der Waals surface area (Å²) in [6.45, 7) is 8.53.